The molecule has 0 N–H and O–H groups in total. The van der Waals surface area contributed by atoms with Crippen molar-refractivity contribution in [2.45, 2.75) is 39.0 Å². The largest absolute Gasteiger partial charge is 0.481 e. The number of carbonyl (C=O) groups excluding carboxylic acids is 1. The molecule has 2 aromatic heterocycles. The number of aryl methyl sites for hydroxylation is 1. The van der Waals surface area contributed by atoms with E-state index in [0.717, 1.165) is 29.4 Å². The fourth-order valence-electron chi connectivity index (χ4n) is 4.04. The number of fused-ring (bicyclic) bond motifs is 1. The lowest BCUT2D eigenvalue weighted by atomic mass is 9.92. The van der Waals surface area contributed by atoms with Crippen LogP contribution in [-0.4, -0.2) is 57.6 Å². The number of hydrogen-bond donors (Lipinski definition) is 0. The van der Waals surface area contributed by atoms with Crippen LogP contribution < -0.4 is 9.47 Å². The van der Waals surface area contributed by atoms with Crippen molar-refractivity contribution in [2.24, 2.45) is 13.0 Å². The number of nitrogens with zero attached hydrogens (tertiary/aromatic N) is 5. The molecule has 1 amide bonds. The fourth-order valence-corrected chi connectivity index (χ4v) is 4.04. The Balaban J connectivity index is 1.31. The number of hydrogen-bond acceptors (Lipinski definition) is 6. The normalized spacial score (nSPS) is 15.2. The summed E-state index contributed by atoms with van der Waals surface area (Å²) in [5.41, 5.74) is 2.33. The van der Waals surface area contributed by atoms with Crippen molar-refractivity contribution in [3.63, 3.8) is 0 Å². The van der Waals surface area contributed by atoms with Crippen LogP contribution in [0.1, 0.15) is 49.7 Å². The van der Waals surface area contributed by atoms with Crippen molar-refractivity contribution in [3.8, 4) is 11.8 Å². The van der Waals surface area contributed by atoms with Crippen molar-refractivity contribution < 1.29 is 14.3 Å². The maximum Gasteiger partial charge on any atom is 0.253 e. The minimum absolute atomic E-state index is 0.0297. The van der Waals surface area contributed by atoms with Gasteiger partial charge in [-0.3, -0.25) is 4.79 Å². The van der Waals surface area contributed by atoms with Crippen LogP contribution in [0, 0.1) is 5.92 Å². The Morgan fingerprint density at radius 2 is 1.88 bits per heavy atom. The second-order valence-corrected chi connectivity index (χ2v) is 9.42. The molecule has 0 atom stereocenters. The summed E-state index contributed by atoms with van der Waals surface area (Å²) >= 11 is 0. The zero-order valence-electron chi connectivity index (χ0n) is 19.5. The van der Waals surface area contributed by atoms with E-state index in [-0.39, 0.29) is 11.3 Å². The Labute approximate surface area is 188 Å². The van der Waals surface area contributed by atoms with Gasteiger partial charge in [-0.05, 0) is 43.0 Å². The van der Waals surface area contributed by atoms with E-state index in [4.69, 9.17) is 9.47 Å². The predicted molar refractivity (Wildman–Crippen MR) is 122 cm³/mol. The number of methoxy groups -OCH3 is 1. The Morgan fingerprint density at radius 3 is 2.50 bits per heavy atom. The molecule has 1 aliphatic rings. The number of amides is 1. The number of benzene rings is 1. The maximum absolute atomic E-state index is 13.0. The standard InChI is InChI=1S/C24H31N5O3/c1-24(2,3)20-8-9-21(26-25-20)32-15-16-10-12-29(13-11-16)22(30)17-6-7-18-19(14-17)27-28(4)23(18)31-5/h6-9,14,16H,10-13,15H2,1-5H3. The van der Waals surface area contributed by atoms with Gasteiger partial charge in [-0.2, -0.15) is 10.2 Å². The number of aromatic nitrogens is 4. The van der Waals surface area contributed by atoms with Crippen molar-refractivity contribution in [3.05, 3.63) is 41.6 Å². The second kappa shape index (κ2) is 8.76. The fraction of sp³-hybridized carbons (Fsp3) is 0.500. The summed E-state index contributed by atoms with van der Waals surface area (Å²) in [6, 6.07) is 9.45. The van der Waals surface area contributed by atoms with E-state index >= 15 is 0 Å². The van der Waals surface area contributed by atoms with E-state index in [1.807, 2.05) is 42.3 Å². The summed E-state index contributed by atoms with van der Waals surface area (Å²) in [5, 5.41) is 13.8. The molecular formula is C24H31N5O3. The van der Waals surface area contributed by atoms with Crippen molar-refractivity contribution in [1.29, 1.82) is 0 Å². The SMILES string of the molecule is COc1c2ccc(C(=O)N3CCC(COc4ccc(C(C)(C)C)nn4)CC3)cc2nn1C. The molecule has 1 saturated heterocycles. The number of carbonyl (C=O) groups is 1. The number of likely N-dealkylation sites (tertiary alicyclic amines) is 1. The van der Waals surface area contributed by atoms with Gasteiger partial charge in [-0.1, -0.05) is 20.8 Å². The van der Waals surface area contributed by atoms with Gasteiger partial charge in [0.1, 0.15) is 0 Å². The van der Waals surface area contributed by atoms with Gasteiger partial charge in [-0.25, -0.2) is 4.68 Å². The van der Waals surface area contributed by atoms with Crippen LogP contribution in [0.4, 0.5) is 0 Å². The van der Waals surface area contributed by atoms with E-state index in [2.05, 4.69) is 36.1 Å². The zero-order chi connectivity index (χ0) is 22.9. The molecule has 4 rings (SSSR count). The first-order chi connectivity index (χ1) is 15.3. The van der Waals surface area contributed by atoms with Gasteiger partial charge in [0.25, 0.3) is 5.91 Å². The highest BCUT2D eigenvalue weighted by Crippen LogP contribution is 2.27. The van der Waals surface area contributed by atoms with Crippen molar-refractivity contribution in [1.82, 2.24) is 24.9 Å². The molecule has 0 aliphatic carbocycles. The first kappa shape index (κ1) is 22.0. The molecule has 1 fully saturated rings. The summed E-state index contributed by atoms with van der Waals surface area (Å²) in [6.45, 7) is 8.34. The van der Waals surface area contributed by atoms with Gasteiger partial charge < -0.3 is 14.4 Å². The second-order valence-electron chi connectivity index (χ2n) is 9.42. The zero-order valence-corrected chi connectivity index (χ0v) is 19.5. The molecule has 0 spiro atoms. The summed E-state index contributed by atoms with van der Waals surface area (Å²) in [5.74, 6) is 1.68. The van der Waals surface area contributed by atoms with Crippen molar-refractivity contribution >= 4 is 16.8 Å². The molecule has 0 saturated carbocycles. The average Bonchev–Trinajstić information content (AvgIpc) is 3.11. The Hall–Kier alpha value is -3.16. The lowest BCUT2D eigenvalue weighted by Crippen LogP contribution is -2.39. The van der Waals surface area contributed by atoms with Gasteiger partial charge in [0, 0.05) is 37.2 Å². The Morgan fingerprint density at radius 1 is 1.12 bits per heavy atom. The lowest BCUT2D eigenvalue weighted by Gasteiger charge is -2.31. The van der Waals surface area contributed by atoms with E-state index in [1.54, 1.807) is 11.8 Å². The Kier molecular flexibility index (Phi) is 6.04. The van der Waals surface area contributed by atoms with Crippen LogP contribution in [-0.2, 0) is 12.5 Å². The van der Waals surface area contributed by atoms with Crippen LogP contribution >= 0.6 is 0 Å². The maximum atomic E-state index is 13.0. The summed E-state index contributed by atoms with van der Waals surface area (Å²) in [6.07, 6.45) is 1.80. The van der Waals surface area contributed by atoms with Crippen molar-refractivity contribution in [2.75, 3.05) is 26.8 Å². The van der Waals surface area contributed by atoms with E-state index in [9.17, 15) is 4.79 Å². The minimum atomic E-state index is -0.0297. The average molecular weight is 438 g/mol. The van der Waals surface area contributed by atoms with E-state index < -0.39 is 0 Å². The highest BCUT2D eigenvalue weighted by atomic mass is 16.5. The summed E-state index contributed by atoms with van der Waals surface area (Å²) in [7, 11) is 3.45. The highest BCUT2D eigenvalue weighted by Gasteiger charge is 2.25. The van der Waals surface area contributed by atoms with Gasteiger partial charge in [0.2, 0.25) is 11.8 Å². The third kappa shape index (κ3) is 4.54. The molecule has 1 aromatic carbocycles. The number of piperidine rings is 1. The summed E-state index contributed by atoms with van der Waals surface area (Å²) < 4.78 is 12.9. The summed E-state index contributed by atoms with van der Waals surface area (Å²) in [4.78, 5) is 14.9. The van der Waals surface area contributed by atoms with E-state index in [0.29, 0.717) is 42.9 Å². The quantitative estimate of drug-likeness (QED) is 0.607. The molecule has 3 aromatic rings. The van der Waals surface area contributed by atoms with Crippen LogP contribution in [0.3, 0.4) is 0 Å². The molecule has 3 heterocycles. The smallest absolute Gasteiger partial charge is 0.253 e. The van der Waals surface area contributed by atoms with Crippen LogP contribution in [0.25, 0.3) is 10.9 Å². The number of rotatable bonds is 5. The third-order valence-corrected chi connectivity index (χ3v) is 6.00. The molecule has 0 radical (unpaired) electrons. The monoisotopic (exact) mass is 437 g/mol. The van der Waals surface area contributed by atoms with Crippen LogP contribution in [0.15, 0.2) is 30.3 Å². The number of ether oxygens (including phenoxy) is 2. The highest BCUT2D eigenvalue weighted by molar-refractivity contribution is 5.98. The topological polar surface area (TPSA) is 82.4 Å². The minimum Gasteiger partial charge on any atom is -0.481 e. The van der Waals surface area contributed by atoms with Crippen LogP contribution in [0.5, 0.6) is 11.8 Å². The van der Waals surface area contributed by atoms with Gasteiger partial charge >= 0.3 is 0 Å². The molecule has 32 heavy (non-hydrogen) atoms. The molecule has 0 unspecified atom stereocenters. The molecule has 8 heteroatoms. The first-order valence-electron chi connectivity index (χ1n) is 11.0. The molecule has 8 nitrogen and oxygen atoms in total. The molecule has 170 valence electrons. The third-order valence-electron chi connectivity index (χ3n) is 6.00. The van der Waals surface area contributed by atoms with Crippen LogP contribution in [0.2, 0.25) is 0 Å². The molecule has 1 aliphatic heterocycles. The molecule has 0 bridgehead atoms. The van der Waals surface area contributed by atoms with Gasteiger partial charge in [0.05, 0.1) is 30.3 Å². The Bertz CT molecular complexity index is 1090. The van der Waals surface area contributed by atoms with Gasteiger partial charge in [0.15, 0.2) is 0 Å². The first-order valence-corrected chi connectivity index (χ1v) is 11.0. The predicted octanol–water partition coefficient (Wildman–Crippen LogP) is 3.60. The van der Waals surface area contributed by atoms with E-state index in [1.165, 1.54) is 0 Å². The lowest BCUT2D eigenvalue weighted by molar-refractivity contribution is 0.0659. The molecular weight excluding hydrogens is 406 g/mol. The van der Waals surface area contributed by atoms with Gasteiger partial charge in [-0.15, -0.1) is 5.10 Å².